The van der Waals surface area contributed by atoms with Crippen LogP contribution >= 0.6 is 7.52 Å². The van der Waals surface area contributed by atoms with Crippen molar-refractivity contribution < 1.29 is 9.09 Å². The summed E-state index contributed by atoms with van der Waals surface area (Å²) in [5, 5.41) is 0.616. The van der Waals surface area contributed by atoms with E-state index in [2.05, 4.69) is 60.7 Å². The predicted octanol–water partition coefficient (Wildman–Crippen LogP) is 11.4. The zero-order chi connectivity index (χ0) is 30.9. The van der Waals surface area contributed by atoms with Crippen LogP contribution < -0.4 is 14.5 Å². The Balaban J connectivity index is 1.39. The number of hydrogen-bond donors (Lipinski definition) is 0. The van der Waals surface area contributed by atoms with E-state index < -0.39 is 7.52 Å². The molecule has 46 heavy (non-hydrogen) atoms. The molecule has 7 aromatic rings. The SMILES string of the molecule is O=P1(c2ccc(-c3ccccc3)cc2)Oc2ccccc2-c2ccccc2N1c1cc(-c2ccccc2)cc(-c2ccccc2)c1. The quantitative estimate of drug-likeness (QED) is 0.181. The van der Waals surface area contributed by atoms with E-state index in [9.17, 15) is 0 Å². The Hall–Kier alpha value is -5.63. The second-order valence-electron chi connectivity index (χ2n) is 11.4. The predicted molar refractivity (Wildman–Crippen MR) is 191 cm³/mol. The molecule has 0 bridgehead atoms. The lowest BCUT2D eigenvalue weighted by atomic mass is 9.97. The number of para-hydroxylation sites is 2. The second-order valence-corrected chi connectivity index (χ2v) is 13.5. The van der Waals surface area contributed by atoms with Crippen molar-refractivity contribution in [2.75, 3.05) is 4.67 Å². The van der Waals surface area contributed by atoms with Crippen molar-refractivity contribution in [1.82, 2.24) is 0 Å². The van der Waals surface area contributed by atoms with Crippen molar-refractivity contribution in [2.45, 2.75) is 0 Å². The monoisotopic (exact) mass is 611 g/mol. The van der Waals surface area contributed by atoms with Crippen LogP contribution in [0.3, 0.4) is 0 Å². The third kappa shape index (κ3) is 5.01. The third-order valence-corrected chi connectivity index (χ3v) is 10.8. The molecule has 4 heteroatoms. The summed E-state index contributed by atoms with van der Waals surface area (Å²) in [5.74, 6) is 0.593. The Morgan fingerprint density at radius 1 is 0.413 bits per heavy atom. The number of hydrogen-bond acceptors (Lipinski definition) is 2. The van der Waals surface area contributed by atoms with E-state index in [4.69, 9.17) is 4.52 Å². The van der Waals surface area contributed by atoms with Crippen molar-refractivity contribution in [1.29, 1.82) is 0 Å². The van der Waals surface area contributed by atoms with Crippen molar-refractivity contribution in [2.24, 2.45) is 0 Å². The minimum atomic E-state index is -3.81. The fourth-order valence-electron chi connectivity index (χ4n) is 6.23. The number of fused-ring (bicyclic) bond motifs is 3. The maximum atomic E-state index is 16.0. The van der Waals surface area contributed by atoms with Crippen LogP contribution in [0.5, 0.6) is 5.75 Å². The molecule has 0 aliphatic carbocycles. The molecule has 1 heterocycles. The van der Waals surface area contributed by atoms with Gasteiger partial charge in [0.05, 0.1) is 16.7 Å². The molecular weight excluding hydrogens is 581 g/mol. The molecule has 220 valence electrons. The maximum Gasteiger partial charge on any atom is 0.378 e. The zero-order valence-electron chi connectivity index (χ0n) is 25.0. The first-order valence-corrected chi connectivity index (χ1v) is 17.0. The Labute approximate surface area is 269 Å². The highest BCUT2D eigenvalue weighted by Gasteiger charge is 2.41. The molecule has 0 saturated heterocycles. The van der Waals surface area contributed by atoms with E-state index in [0.717, 1.165) is 55.9 Å². The summed E-state index contributed by atoms with van der Waals surface area (Å²) in [6.07, 6.45) is 0. The highest BCUT2D eigenvalue weighted by atomic mass is 31.2. The molecule has 1 aliphatic heterocycles. The molecule has 0 spiro atoms. The van der Waals surface area contributed by atoms with E-state index in [-0.39, 0.29) is 0 Å². The molecule has 7 aromatic carbocycles. The minimum Gasteiger partial charge on any atom is -0.425 e. The van der Waals surface area contributed by atoms with E-state index in [1.807, 2.05) is 126 Å². The molecule has 0 radical (unpaired) electrons. The van der Waals surface area contributed by atoms with Crippen molar-refractivity contribution in [3.05, 3.63) is 182 Å². The molecule has 1 aliphatic rings. The van der Waals surface area contributed by atoms with Gasteiger partial charge in [0, 0.05) is 11.1 Å². The zero-order valence-corrected chi connectivity index (χ0v) is 25.9. The molecule has 0 N–H and O–H groups in total. The lowest BCUT2D eigenvalue weighted by Crippen LogP contribution is -2.25. The van der Waals surface area contributed by atoms with Crippen LogP contribution in [0, 0.1) is 0 Å². The van der Waals surface area contributed by atoms with Gasteiger partial charge in [0.2, 0.25) is 0 Å². The Bertz CT molecular complexity index is 2140. The lowest BCUT2D eigenvalue weighted by Gasteiger charge is -2.33. The number of anilines is 2. The van der Waals surface area contributed by atoms with Crippen molar-refractivity contribution >= 4 is 24.2 Å². The molecule has 1 atom stereocenters. The van der Waals surface area contributed by atoms with Crippen LogP contribution in [-0.2, 0) is 4.57 Å². The average Bonchev–Trinajstić information content (AvgIpc) is 3.25. The Morgan fingerprint density at radius 2 is 0.870 bits per heavy atom. The van der Waals surface area contributed by atoms with Gasteiger partial charge in [-0.15, -0.1) is 0 Å². The van der Waals surface area contributed by atoms with Crippen LogP contribution in [0.15, 0.2) is 182 Å². The summed E-state index contributed by atoms with van der Waals surface area (Å²) in [5.41, 5.74) is 9.85. The Kier molecular flexibility index (Phi) is 7.10. The second kappa shape index (κ2) is 11.7. The highest BCUT2D eigenvalue weighted by Crippen LogP contribution is 2.62. The number of rotatable bonds is 5. The van der Waals surface area contributed by atoms with Crippen molar-refractivity contribution in [3.63, 3.8) is 0 Å². The van der Waals surface area contributed by atoms with Crippen LogP contribution in [0.4, 0.5) is 11.4 Å². The molecule has 0 aromatic heterocycles. The van der Waals surface area contributed by atoms with Crippen LogP contribution in [0.25, 0.3) is 44.5 Å². The first kappa shape index (κ1) is 27.9. The van der Waals surface area contributed by atoms with Crippen molar-refractivity contribution in [3.8, 4) is 50.3 Å². The maximum absolute atomic E-state index is 16.0. The van der Waals surface area contributed by atoms with Gasteiger partial charge in [-0.2, -0.15) is 0 Å². The molecule has 8 rings (SSSR count). The van der Waals surface area contributed by atoms with Gasteiger partial charge in [0.15, 0.2) is 0 Å². The summed E-state index contributed by atoms with van der Waals surface area (Å²) < 4.78 is 24.7. The van der Waals surface area contributed by atoms with Gasteiger partial charge in [0.1, 0.15) is 5.75 Å². The summed E-state index contributed by atoms with van der Waals surface area (Å²) in [6.45, 7) is 0. The summed E-state index contributed by atoms with van der Waals surface area (Å²) in [7, 11) is -3.81. The highest BCUT2D eigenvalue weighted by molar-refractivity contribution is 7.69. The van der Waals surface area contributed by atoms with E-state index >= 15 is 4.57 Å². The van der Waals surface area contributed by atoms with Crippen LogP contribution in [-0.4, -0.2) is 0 Å². The van der Waals surface area contributed by atoms with Gasteiger partial charge in [-0.05, 0) is 75.8 Å². The molecule has 0 saturated carbocycles. The average molecular weight is 612 g/mol. The topological polar surface area (TPSA) is 29.5 Å². The van der Waals surface area contributed by atoms with Gasteiger partial charge in [0.25, 0.3) is 0 Å². The van der Waals surface area contributed by atoms with Crippen LogP contribution in [0.2, 0.25) is 0 Å². The molecule has 3 nitrogen and oxygen atoms in total. The molecule has 0 amide bonds. The smallest absolute Gasteiger partial charge is 0.378 e. The normalized spacial score (nSPS) is 15.3. The summed E-state index contributed by atoms with van der Waals surface area (Å²) in [6, 6.07) is 61.3. The first-order valence-electron chi connectivity index (χ1n) is 15.4. The van der Waals surface area contributed by atoms with Gasteiger partial charge in [-0.3, -0.25) is 4.67 Å². The van der Waals surface area contributed by atoms with Gasteiger partial charge in [-0.25, -0.2) is 4.57 Å². The third-order valence-electron chi connectivity index (χ3n) is 8.47. The largest absolute Gasteiger partial charge is 0.425 e. The Morgan fingerprint density at radius 3 is 1.46 bits per heavy atom. The fourth-order valence-corrected chi connectivity index (χ4v) is 8.48. The van der Waals surface area contributed by atoms with Gasteiger partial charge in [-0.1, -0.05) is 140 Å². The number of benzene rings is 7. The summed E-state index contributed by atoms with van der Waals surface area (Å²) in [4.78, 5) is 0. The standard InChI is InChI=1S/C42H30NO2P/c44-46(38-26-24-34(25-27-38)31-14-4-1-5-15-31)43(41-22-12-10-20-39(41)40-21-11-13-23-42(40)45-46)37-29-35(32-16-6-2-7-17-32)28-36(30-37)33-18-8-3-9-19-33/h1-30H. The number of nitrogens with zero attached hydrogens (tertiary/aromatic N) is 1. The van der Waals surface area contributed by atoms with E-state index in [1.54, 1.807) is 0 Å². The molecular formula is C42H30NO2P. The first-order chi connectivity index (χ1) is 22.7. The molecule has 1 unspecified atom stereocenters. The lowest BCUT2D eigenvalue weighted by molar-refractivity contribution is 0.494. The van der Waals surface area contributed by atoms with Gasteiger partial charge < -0.3 is 4.52 Å². The summed E-state index contributed by atoms with van der Waals surface area (Å²) >= 11 is 0. The fraction of sp³-hybridized carbons (Fsp3) is 0. The van der Waals surface area contributed by atoms with Crippen LogP contribution in [0.1, 0.15) is 0 Å². The molecule has 0 fully saturated rings. The van der Waals surface area contributed by atoms with Gasteiger partial charge >= 0.3 is 7.52 Å². The minimum absolute atomic E-state index is 0.593. The van der Waals surface area contributed by atoms with E-state index in [0.29, 0.717) is 11.1 Å². The van der Waals surface area contributed by atoms with E-state index in [1.165, 1.54) is 0 Å².